The van der Waals surface area contributed by atoms with Gasteiger partial charge in [0, 0.05) is 54.3 Å². The number of aromatic nitrogens is 4. The highest BCUT2D eigenvalue weighted by molar-refractivity contribution is 7.07. The van der Waals surface area contributed by atoms with Crippen molar-refractivity contribution >= 4 is 29.1 Å². The molecular formula is C29H22F2N6O4S. The summed E-state index contributed by atoms with van der Waals surface area (Å²) in [6.45, 7) is 1.81. The van der Waals surface area contributed by atoms with E-state index in [0.29, 0.717) is 17.0 Å². The van der Waals surface area contributed by atoms with Crippen molar-refractivity contribution in [3.8, 4) is 28.4 Å². The van der Waals surface area contributed by atoms with Gasteiger partial charge in [0.1, 0.15) is 17.1 Å². The Balaban J connectivity index is 1.43. The monoisotopic (exact) mass is 588 g/mol. The highest BCUT2D eigenvalue weighted by atomic mass is 32.1. The smallest absolute Gasteiger partial charge is 0.335 e. The summed E-state index contributed by atoms with van der Waals surface area (Å²) in [7, 11) is 0. The lowest BCUT2D eigenvalue weighted by atomic mass is 10.1. The van der Waals surface area contributed by atoms with E-state index in [1.807, 2.05) is 5.38 Å². The number of pyridine rings is 1. The lowest BCUT2D eigenvalue weighted by Crippen LogP contribution is -2.42. The molecule has 0 saturated carbocycles. The second-order valence-corrected chi connectivity index (χ2v) is 9.60. The number of hydrogen-bond acceptors (Lipinski definition) is 8. The molecule has 0 fully saturated rings. The van der Waals surface area contributed by atoms with E-state index in [9.17, 15) is 18.8 Å². The molecule has 5 rings (SSSR count). The fourth-order valence-electron chi connectivity index (χ4n) is 4.09. The van der Waals surface area contributed by atoms with Gasteiger partial charge >= 0.3 is 5.69 Å². The summed E-state index contributed by atoms with van der Waals surface area (Å²) in [4.78, 5) is 47.7. The van der Waals surface area contributed by atoms with E-state index < -0.39 is 28.8 Å². The first kappa shape index (κ1) is 28.2. The highest BCUT2D eigenvalue weighted by Gasteiger charge is 2.20. The van der Waals surface area contributed by atoms with E-state index in [1.54, 1.807) is 24.7 Å². The van der Waals surface area contributed by atoms with Crippen molar-refractivity contribution in [2.24, 2.45) is 0 Å². The molecule has 0 aliphatic carbocycles. The molecule has 42 heavy (non-hydrogen) atoms. The van der Waals surface area contributed by atoms with Gasteiger partial charge in [-0.25, -0.2) is 23.1 Å². The number of benzene rings is 2. The maximum Gasteiger partial charge on any atom is 0.335 e. The van der Waals surface area contributed by atoms with E-state index >= 15 is 4.39 Å². The maximum atomic E-state index is 15.2. The van der Waals surface area contributed by atoms with E-state index in [4.69, 9.17) is 10.1 Å². The van der Waals surface area contributed by atoms with Crippen LogP contribution in [0.25, 0.3) is 16.9 Å². The molecule has 0 unspecified atom stereocenters. The summed E-state index contributed by atoms with van der Waals surface area (Å²) < 4.78 is 36.3. The van der Waals surface area contributed by atoms with E-state index in [-0.39, 0.29) is 41.4 Å². The molecular weight excluding hydrogens is 566 g/mol. The van der Waals surface area contributed by atoms with Crippen molar-refractivity contribution in [2.45, 2.75) is 19.9 Å². The first-order chi connectivity index (χ1) is 20.3. The number of thiazole rings is 1. The van der Waals surface area contributed by atoms with Crippen LogP contribution in [0.15, 0.2) is 81.4 Å². The van der Waals surface area contributed by atoms with Gasteiger partial charge in [-0.3, -0.25) is 19.1 Å². The molecule has 0 bridgehead atoms. The number of carbonyl (C=O) groups excluding carboxylic acids is 1. The largest absolute Gasteiger partial charge is 0.452 e. The zero-order valence-electron chi connectivity index (χ0n) is 22.0. The molecule has 2 aromatic carbocycles. The summed E-state index contributed by atoms with van der Waals surface area (Å²) in [6, 6.07) is 10.1. The number of hydrogen-bond donors (Lipinski definition) is 2. The van der Waals surface area contributed by atoms with Gasteiger partial charge in [0.2, 0.25) is 0 Å². The molecule has 0 aliphatic heterocycles. The molecule has 13 heteroatoms. The molecule has 0 saturated heterocycles. The number of aryl methyl sites for hydroxylation is 1. The minimum Gasteiger partial charge on any atom is -0.452 e. The lowest BCUT2D eigenvalue weighted by molar-refractivity contribution is 0.102. The zero-order chi connectivity index (χ0) is 29.8. The molecule has 0 spiro atoms. The van der Waals surface area contributed by atoms with Gasteiger partial charge in [-0.2, -0.15) is 0 Å². The normalized spacial score (nSPS) is 10.8. The Kier molecular flexibility index (Phi) is 8.11. The molecule has 0 aliphatic rings. The number of rotatable bonds is 9. The number of nitrogens with one attached hydrogen (secondary N) is 2. The number of carbonyl (C=O) groups is 1. The Labute approximate surface area is 241 Å². The molecule has 2 N–H and O–H groups in total. The van der Waals surface area contributed by atoms with E-state index in [1.165, 1.54) is 35.6 Å². The van der Waals surface area contributed by atoms with Crippen LogP contribution in [0.5, 0.6) is 11.5 Å². The standard InChI is InChI=1S/C29H22F2N6O4S/c1-2-36-14-21(28(39)37(29(36)40)20-6-3-18(30)4-7-20)27(38)35-19-5-8-25(22(31)12-19)41-26-11-17(24-15-42-16-34-24)13-33-23(26)9-10-32/h3-8,10-16,32H,2,9H2,1H3,(H,35,38). The first-order valence-electron chi connectivity index (χ1n) is 12.6. The predicted octanol–water partition coefficient (Wildman–Crippen LogP) is 5.05. The van der Waals surface area contributed by atoms with Crippen LogP contribution >= 0.6 is 11.3 Å². The highest BCUT2D eigenvalue weighted by Crippen LogP contribution is 2.32. The second-order valence-electron chi connectivity index (χ2n) is 8.88. The summed E-state index contributed by atoms with van der Waals surface area (Å²) in [5.74, 6) is -2.16. The number of amides is 1. The molecule has 5 aromatic rings. The Morgan fingerprint density at radius 3 is 2.55 bits per heavy atom. The van der Waals surface area contributed by atoms with Crippen LogP contribution in [0.2, 0.25) is 0 Å². The van der Waals surface area contributed by atoms with Crippen LogP contribution < -0.4 is 21.3 Å². The van der Waals surface area contributed by atoms with Gasteiger partial charge in [-0.05, 0) is 49.4 Å². The quantitative estimate of drug-likeness (QED) is 0.232. The van der Waals surface area contributed by atoms with Crippen molar-refractivity contribution in [1.82, 2.24) is 19.1 Å². The van der Waals surface area contributed by atoms with Gasteiger partial charge in [-0.1, -0.05) is 0 Å². The van der Waals surface area contributed by atoms with Crippen molar-refractivity contribution in [3.63, 3.8) is 0 Å². The third-order valence-electron chi connectivity index (χ3n) is 6.19. The molecule has 3 heterocycles. The number of anilines is 1. The van der Waals surface area contributed by atoms with Gasteiger partial charge in [0.25, 0.3) is 11.5 Å². The Morgan fingerprint density at radius 1 is 1.10 bits per heavy atom. The molecule has 3 aromatic heterocycles. The first-order valence-corrected chi connectivity index (χ1v) is 13.5. The number of ether oxygens (including phenoxy) is 1. The summed E-state index contributed by atoms with van der Waals surface area (Å²) in [6.07, 6.45) is 4.04. The lowest BCUT2D eigenvalue weighted by Gasteiger charge is -2.14. The second kappa shape index (κ2) is 12.1. The van der Waals surface area contributed by atoms with Crippen molar-refractivity contribution in [2.75, 3.05) is 5.32 Å². The van der Waals surface area contributed by atoms with Gasteiger partial charge < -0.3 is 15.5 Å². The number of nitrogens with zero attached hydrogens (tertiary/aromatic N) is 4. The average Bonchev–Trinajstić information content (AvgIpc) is 3.52. The van der Waals surface area contributed by atoms with Crippen molar-refractivity contribution in [3.05, 3.63) is 116 Å². The van der Waals surface area contributed by atoms with Crippen LogP contribution in [-0.4, -0.2) is 31.2 Å². The van der Waals surface area contributed by atoms with Crippen molar-refractivity contribution < 1.29 is 18.3 Å². The maximum absolute atomic E-state index is 15.2. The van der Waals surface area contributed by atoms with Crippen LogP contribution in [0.3, 0.4) is 0 Å². The van der Waals surface area contributed by atoms with Gasteiger partial charge in [0.15, 0.2) is 11.6 Å². The van der Waals surface area contributed by atoms with Crippen molar-refractivity contribution in [1.29, 1.82) is 5.41 Å². The average molecular weight is 589 g/mol. The topological polar surface area (TPSA) is 132 Å². The zero-order valence-corrected chi connectivity index (χ0v) is 22.8. The number of halogens is 2. The van der Waals surface area contributed by atoms with Gasteiger partial charge in [0.05, 0.1) is 22.6 Å². The Bertz CT molecular complexity index is 1900. The summed E-state index contributed by atoms with van der Waals surface area (Å²) in [5, 5.41) is 11.7. The van der Waals surface area contributed by atoms with E-state index in [2.05, 4.69) is 15.3 Å². The molecule has 10 nitrogen and oxygen atoms in total. The fourth-order valence-corrected chi connectivity index (χ4v) is 4.65. The summed E-state index contributed by atoms with van der Waals surface area (Å²) in [5.41, 5.74) is 1.55. The van der Waals surface area contributed by atoms with Crippen LogP contribution in [-0.2, 0) is 13.0 Å². The minimum atomic E-state index is -0.916. The SMILES string of the molecule is CCn1cc(C(=O)Nc2ccc(Oc3cc(-c4cscn4)cnc3CC=N)c(F)c2)c(=O)n(-c2ccc(F)cc2)c1=O. The summed E-state index contributed by atoms with van der Waals surface area (Å²) >= 11 is 1.41. The molecule has 0 atom stereocenters. The minimum absolute atomic E-state index is 0.0286. The third kappa shape index (κ3) is 5.76. The predicted molar refractivity (Wildman–Crippen MR) is 154 cm³/mol. The molecule has 212 valence electrons. The molecule has 0 radical (unpaired) electrons. The van der Waals surface area contributed by atoms with Crippen LogP contribution in [0, 0.1) is 17.0 Å². The van der Waals surface area contributed by atoms with Crippen LogP contribution in [0.4, 0.5) is 14.5 Å². The molecule has 1 amide bonds. The van der Waals surface area contributed by atoms with Crippen LogP contribution in [0.1, 0.15) is 23.0 Å². The van der Waals surface area contributed by atoms with Gasteiger partial charge in [-0.15, -0.1) is 11.3 Å². The fraction of sp³-hybridized carbons (Fsp3) is 0.103. The van der Waals surface area contributed by atoms with E-state index in [0.717, 1.165) is 39.7 Å². The Hall–Kier alpha value is -5.30. The Morgan fingerprint density at radius 2 is 1.88 bits per heavy atom. The third-order valence-corrected chi connectivity index (χ3v) is 6.78.